The van der Waals surface area contributed by atoms with E-state index in [0.717, 1.165) is 12.8 Å². The van der Waals surface area contributed by atoms with Crippen molar-refractivity contribution in [3.05, 3.63) is 11.5 Å². The predicted molar refractivity (Wildman–Crippen MR) is 32.2 cm³/mol. The predicted octanol–water partition coefficient (Wildman–Crippen LogP) is -5.86. The summed E-state index contributed by atoms with van der Waals surface area (Å²) in [4.78, 5) is 0. The van der Waals surface area contributed by atoms with E-state index in [-0.39, 0.29) is 59.1 Å². The van der Waals surface area contributed by atoms with E-state index in [1.54, 1.807) is 6.92 Å². The van der Waals surface area contributed by atoms with Gasteiger partial charge in [-0.1, -0.05) is 18.9 Å². The molecule has 4 heteroatoms. The first-order valence-electron chi connectivity index (χ1n) is 3.22. The average Bonchev–Trinajstić information content (AvgIpc) is 1.82. The number of unbranched alkanes of at least 4 members (excludes halogenated alkanes) is 1. The molecule has 0 N–H and O–H groups in total. The molecule has 0 aliphatic rings. The van der Waals surface area contributed by atoms with Crippen LogP contribution >= 0.6 is 0 Å². The Kier molecular flexibility index (Phi) is 18.8. The third kappa shape index (κ3) is 11.3. The normalized spacial score (nSPS) is 7.45. The zero-order valence-electron chi connectivity index (χ0n) is 7.94. The molecule has 0 saturated heterocycles. The molecule has 54 valence electrons. The molecule has 0 aromatic rings. The molecule has 0 aliphatic heterocycles. The van der Waals surface area contributed by atoms with Crippen LogP contribution in [0.1, 0.15) is 33.1 Å². The Morgan fingerprint density at radius 1 is 1.18 bits per heavy atom. The Bertz CT molecular complexity index is 109. The van der Waals surface area contributed by atoms with Crippen LogP contribution in [-0.4, -0.2) is 0 Å². The number of hydrogen-bond acceptors (Lipinski definition) is 2. The molecule has 0 fully saturated rings. The summed E-state index contributed by atoms with van der Waals surface area (Å²) in [5.74, 6) is -1.01. The van der Waals surface area contributed by atoms with E-state index in [9.17, 15) is 10.2 Å². The second-order valence-electron chi connectivity index (χ2n) is 2.17. The smallest absolute Gasteiger partial charge is 0.884 e. The third-order valence-corrected chi connectivity index (χ3v) is 1.25. The summed E-state index contributed by atoms with van der Waals surface area (Å²) in [6.07, 6.45) is 2.64. The molecule has 0 heterocycles. The van der Waals surface area contributed by atoms with Crippen molar-refractivity contribution >= 4 is 0 Å². The Hall–Kier alpha value is 1.34. The first-order valence-corrected chi connectivity index (χ1v) is 3.22. The summed E-state index contributed by atoms with van der Waals surface area (Å²) in [7, 11) is 0. The summed E-state index contributed by atoms with van der Waals surface area (Å²) >= 11 is 0. The van der Waals surface area contributed by atoms with Crippen molar-refractivity contribution in [1.29, 1.82) is 0 Å². The second-order valence-corrected chi connectivity index (χ2v) is 2.17. The maximum absolute atomic E-state index is 10.1. The SMILES string of the molecule is CCCCC(C)=C([O-])[O-].[Na+].[Na+]. The van der Waals surface area contributed by atoms with Crippen molar-refractivity contribution in [3.63, 3.8) is 0 Å². The summed E-state index contributed by atoms with van der Waals surface area (Å²) in [6, 6.07) is 0. The topological polar surface area (TPSA) is 46.1 Å². The zero-order chi connectivity index (χ0) is 7.28. The molecule has 0 amide bonds. The van der Waals surface area contributed by atoms with Gasteiger partial charge in [0.1, 0.15) is 0 Å². The molecule has 0 bridgehead atoms. The van der Waals surface area contributed by atoms with E-state index in [2.05, 4.69) is 0 Å². The molecule has 0 aliphatic carbocycles. The zero-order valence-corrected chi connectivity index (χ0v) is 11.9. The van der Waals surface area contributed by atoms with Crippen molar-refractivity contribution in [2.24, 2.45) is 0 Å². The maximum Gasteiger partial charge on any atom is 1.00 e. The van der Waals surface area contributed by atoms with E-state index in [4.69, 9.17) is 0 Å². The van der Waals surface area contributed by atoms with Crippen molar-refractivity contribution in [2.45, 2.75) is 33.1 Å². The second kappa shape index (κ2) is 11.3. The van der Waals surface area contributed by atoms with Gasteiger partial charge in [-0.25, -0.2) is 5.95 Å². The first kappa shape index (κ1) is 18.2. The molecule has 0 radical (unpaired) electrons. The van der Waals surface area contributed by atoms with E-state index >= 15 is 0 Å². The summed E-state index contributed by atoms with van der Waals surface area (Å²) in [5, 5.41) is 20.1. The van der Waals surface area contributed by atoms with Gasteiger partial charge in [-0.15, -0.1) is 0 Å². The van der Waals surface area contributed by atoms with Crippen LogP contribution in [0.3, 0.4) is 0 Å². The van der Waals surface area contributed by atoms with E-state index in [1.807, 2.05) is 6.92 Å². The molecular weight excluding hydrogens is 162 g/mol. The van der Waals surface area contributed by atoms with Gasteiger partial charge in [-0.3, -0.25) is 0 Å². The number of allylic oxidation sites excluding steroid dienone is 1. The van der Waals surface area contributed by atoms with Crippen LogP contribution in [0.2, 0.25) is 0 Å². The van der Waals surface area contributed by atoms with Gasteiger partial charge >= 0.3 is 59.1 Å². The van der Waals surface area contributed by atoms with Gasteiger partial charge in [-0.05, 0) is 19.8 Å². The fourth-order valence-electron chi connectivity index (χ4n) is 0.544. The Labute approximate surface area is 113 Å². The van der Waals surface area contributed by atoms with E-state index in [1.165, 1.54) is 0 Å². The van der Waals surface area contributed by atoms with Crippen molar-refractivity contribution in [3.8, 4) is 0 Å². The molecule has 0 spiro atoms. The molecular formula is C7H12Na2O2. The maximum atomic E-state index is 10.1. The fraction of sp³-hybridized carbons (Fsp3) is 0.714. The van der Waals surface area contributed by atoms with E-state index in [0.29, 0.717) is 12.0 Å². The summed E-state index contributed by atoms with van der Waals surface area (Å²) < 4.78 is 0. The van der Waals surface area contributed by atoms with Gasteiger partial charge in [0.15, 0.2) is 0 Å². The van der Waals surface area contributed by atoms with Crippen LogP contribution < -0.4 is 69.3 Å². The van der Waals surface area contributed by atoms with Gasteiger partial charge < -0.3 is 10.2 Å². The number of hydrogen-bond donors (Lipinski definition) is 0. The van der Waals surface area contributed by atoms with Crippen LogP contribution in [0.5, 0.6) is 0 Å². The molecule has 0 rings (SSSR count). The summed E-state index contributed by atoms with van der Waals surface area (Å²) in [6.45, 7) is 3.63. The molecule has 2 nitrogen and oxygen atoms in total. The van der Waals surface area contributed by atoms with Crippen LogP contribution in [-0.2, 0) is 0 Å². The van der Waals surface area contributed by atoms with Crippen LogP contribution in [0.25, 0.3) is 0 Å². The van der Waals surface area contributed by atoms with Gasteiger partial charge in [0.2, 0.25) is 0 Å². The molecule has 0 aromatic carbocycles. The number of rotatable bonds is 3. The molecule has 0 atom stereocenters. The minimum absolute atomic E-state index is 0. The van der Waals surface area contributed by atoms with Crippen LogP contribution in [0.15, 0.2) is 11.5 Å². The Morgan fingerprint density at radius 3 is 1.91 bits per heavy atom. The van der Waals surface area contributed by atoms with Crippen molar-refractivity contribution in [2.75, 3.05) is 0 Å². The first-order chi connectivity index (χ1) is 4.18. The van der Waals surface area contributed by atoms with E-state index < -0.39 is 5.95 Å². The monoisotopic (exact) mass is 174 g/mol. The average molecular weight is 174 g/mol. The van der Waals surface area contributed by atoms with Crippen LogP contribution in [0, 0.1) is 0 Å². The third-order valence-electron chi connectivity index (χ3n) is 1.25. The molecule has 11 heavy (non-hydrogen) atoms. The van der Waals surface area contributed by atoms with Crippen molar-refractivity contribution < 1.29 is 69.3 Å². The molecule has 0 saturated carbocycles. The van der Waals surface area contributed by atoms with Crippen LogP contribution in [0.4, 0.5) is 0 Å². The largest absolute Gasteiger partial charge is 1.00 e. The quantitative estimate of drug-likeness (QED) is 0.316. The van der Waals surface area contributed by atoms with Gasteiger partial charge in [0, 0.05) is 0 Å². The van der Waals surface area contributed by atoms with Gasteiger partial charge in [-0.2, -0.15) is 0 Å². The molecule has 0 unspecified atom stereocenters. The fourth-order valence-corrected chi connectivity index (χ4v) is 0.544. The Balaban J connectivity index is -0.000000320. The molecule has 0 aromatic heterocycles. The Morgan fingerprint density at radius 2 is 1.64 bits per heavy atom. The van der Waals surface area contributed by atoms with Gasteiger partial charge in [0.25, 0.3) is 0 Å². The minimum atomic E-state index is -1.01. The standard InChI is InChI=1S/C7H14O2.2Na/c1-3-4-5-6(2)7(8)9;;/h8-9H,3-5H2,1-2H3;;/q;2*+1/p-2. The summed E-state index contributed by atoms with van der Waals surface area (Å²) in [5.41, 5.74) is 0.455. The van der Waals surface area contributed by atoms with Crippen molar-refractivity contribution in [1.82, 2.24) is 0 Å². The minimum Gasteiger partial charge on any atom is -0.884 e. The van der Waals surface area contributed by atoms with Gasteiger partial charge in [0.05, 0.1) is 0 Å².